The Morgan fingerprint density at radius 1 is 0.750 bits per heavy atom. The number of carbonyl (C=O) groups excluding carboxylic acids is 6. The minimum absolute atomic E-state index is 0.0479. The summed E-state index contributed by atoms with van der Waals surface area (Å²) in [5, 5.41) is 21.2. The summed E-state index contributed by atoms with van der Waals surface area (Å²) in [5.74, 6) is -1.75. The first kappa shape index (κ1) is 30.6. The molecule has 2 rings (SSSR count). The summed E-state index contributed by atoms with van der Waals surface area (Å²) in [7, 11) is 0. The van der Waals surface area contributed by atoms with Crippen LogP contribution >= 0.6 is 0 Å². The number of nitrogens with zero attached hydrogens (tertiary/aromatic N) is 4. The predicted octanol–water partition coefficient (Wildman–Crippen LogP) is 1.51. The Kier molecular flexibility index (Phi) is 9.76. The lowest BCUT2D eigenvalue weighted by Crippen LogP contribution is -2.54. The fraction of sp³-hybridized carbons (Fsp3) is 0.652. The smallest absolute Gasteiger partial charge is 0.371 e. The fourth-order valence-corrected chi connectivity index (χ4v) is 2.68. The van der Waals surface area contributed by atoms with E-state index in [2.05, 4.69) is 20.9 Å². The Hall–Kier alpha value is -3.48. The van der Waals surface area contributed by atoms with E-state index in [-0.39, 0.29) is 17.4 Å². The Balaban J connectivity index is 0.000000360. The molecule has 0 aromatic carbocycles. The molecule has 0 aliphatic carbocycles. The van der Waals surface area contributed by atoms with Crippen molar-refractivity contribution in [1.29, 1.82) is 0 Å². The van der Waals surface area contributed by atoms with Crippen LogP contribution in [-0.2, 0) is 19.2 Å². The zero-order valence-corrected chi connectivity index (χ0v) is 22.1. The van der Waals surface area contributed by atoms with Gasteiger partial charge in [-0.25, -0.2) is 14.5 Å². The van der Waals surface area contributed by atoms with Crippen LogP contribution in [0.4, 0.5) is 9.59 Å². The van der Waals surface area contributed by atoms with Crippen molar-refractivity contribution in [2.75, 3.05) is 0 Å². The zero-order valence-electron chi connectivity index (χ0n) is 22.1. The number of nitrogens with one attached hydrogen (secondary N) is 2. The molecule has 13 nitrogen and oxygen atoms in total. The molecule has 4 atom stereocenters. The lowest BCUT2D eigenvalue weighted by molar-refractivity contribution is -0.145. The second-order valence-corrected chi connectivity index (χ2v) is 10.3. The Morgan fingerprint density at radius 3 is 1.47 bits per heavy atom. The number of hydrogen-bond donors (Lipinski definition) is 3. The van der Waals surface area contributed by atoms with Gasteiger partial charge in [0.15, 0.2) is 0 Å². The summed E-state index contributed by atoms with van der Waals surface area (Å²) < 4.78 is 0. The quantitative estimate of drug-likeness (QED) is 0.436. The van der Waals surface area contributed by atoms with Crippen LogP contribution in [0.1, 0.15) is 62.3 Å². The third kappa shape index (κ3) is 7.77. The van der Waals surface area contributed by atoms with Crippen molar-refractivity contribution in [3.63, 3.8) is 0 Å². The first-order chi connectivity index (χ1) is 16.3. The SMILES string of the molecule is CC(C(=O)NC(C)C(C)(C)C)N1C(=O)C=CC1=O.CC(C(=O)NC(C)C(C)(C)O)N1C(=O)N=NC1=O. The highest BCUT2D eigenvalue weighted by molar-refractivity contribution is 6.15. The van der Waals surface area contributed by atoms with Crippen molar-refractivity contribution in [2.24, 2.45) is 15.6 Å². The standard InChI is InChI=1S/C13H20N2O3.C10H16N4O4/c1-8(15-10(16)6-7-11(15)17)12(18)14-9(2)13(3,4)5;1-5(14-8(16)12-13-9(14)17)7(15)11-6(2)10(3,4)18/h6-9H,1-5H3,(H,14,18);5-6,18H,1-4H3,(H,11,15). The van der Waals surface area contributed by atoms with E-state index < -0.39 is 53.5 Å². The van der Waals surface area contributed by atoms with Crippen molar-refractivity contribution in [2.45, 2.75) is 92.1 Å². The van der Waals surface area contributed by atoms with Crippen molar-refractivity contribution >= 4 is 35.7 Å². The average molecular weight is 509 g/mol. The molecule has 0 aromatic rings. The molecule has 3 N–H and O–H groups in total. The van der Waals surface area contributed by atoms with Gasteiger partial charge in [0.1, 0.15) is 12.1 Å². The van der Waals surface area contributed by atoms with Gasteiger partial charge >= 0.3 is 12.1 Å². The summed E-state index contributed by atoms with van der Waals surface area (Å²) in [4.78, 5) is 70.8. The molecule has 13 heteroatoms. The normalized spacial score (nSPS) is 19.1. The van der Waals surface area contributed by atoms with Gasteiger partial charge in [-0.15, -0.1) is 0 Å². The first-order valence-corrected chi connectivity index (χ1v) is 11.5. The molecule has 4 unspecified atom stereocenters. The Labute approximate surface area is 210 Å². The highest BCUT2D eigenvalue weighted by Gasteiger charge is 2.37. The second kappa shape index (κ2) is 11.5. The van der Waals surface area contributed by atoms with Gasteiger partial charge < -0.3 is 15.7 Å². The monoisotopic (exact) mass is 508 g/mol. The number of imide groups is 2. The van der Waals surface area contributed by atoms with E-state index in [1.165, 1.54) is 19.1 Å². The van der Waals surface area contributed by atoms with E-state index in [1.54, 1.807) is 27.7 Å². The molecule has 0 spiro atoms. The number of carbonyl (C=O) groups is 6. The third-order valence-corrected chi connectivity index (χ3v) is 6.09. The maximum Gasteiger partial charge on any atom is 0.371 e. The summed E-state index contributed by atoms with van der Waals surface area (Å²) in [6.45, 7) is 15.6. The summed E-state index contributed by atoms with van der Waals surface area (Å²) in [5.41, 5.74) is -1.18. The van der Waals surface area contributed by atoms with Gasteiger partial charge in [-0.1, -0.05) is 31.0 Å². The molecule has 0 aromatic heterocycles. The van der Waals surface area contributed by atoms with Crippen LogP contribution in [0.15, 0.2) is 22.4 Å². The topological polar surface area (TPSA) is 178 Å². The van der Waals surface area contributed by atoms with Crippen molar-refractivity contribution in [3.05, 3.63) is 12.2 Å². The summed E-state index contributed by atoms with van der Waals surface area (Å²) >= 11 is 0. The highest BCUT2D eigenvalue weighted by atomic mass is 16.3. The van der Waals surface area contributed by atoms with Gasteiger partial charge in [0.25, 0.3) is 11.8 Å². The van der Waals surface area contributed by atoms with E-state index in [9.17, 15) is 33.9 Å². The lowest BCUT2D eigenvalue weighted by Gasteiger charge is -2.30. The molecule has 0 saturated heterocycles. The number of rotatable bonds is 7. The number of hydrogen-bond acceptors (Lipinski definition) is 7. The molecule has 8 amide bonds. The largest absolute Gasteiger partial charge is 0.388 e. The van der Waals surface area contributed by atoms with Crippen molar-refractivity contribution in [1.82, 2.24) is 20.4 Å². The molecule has 36 heavy (non-hydrogen) atoms. The summed E-state index contributed by atoms with van der Waals surface area (Å²) in [6, 6.07) is -4.12. The van der Waals surface area contributed by atoms with E-state index in [0.29, 0.717) is 4.90 Å². The third-order valence-electron chi connectivity index (χ3n) is 6.09. The Morgan fingerprint density at radius 2 is 1.11 bits per heavy atom. The second-order valence-electron chi connectivity index (χ2n) is 10.3. The van der Waals surface area contributed by atoms with Crippen LogP contribution < -0.4 is 10.6 Å². The van der Waals surface area contributed by atoms with Crippen molar-refractivity contribution in [3.8, 4) is 0 Å². The number of urea groups is 2. The van der Waals surface area contributed by atoms with Crippen LogP contribution in [0.5, 0.6) is 0 Å². The van der Waals surface area contributed by atoms with Crippen LogP contribution in [0.2, 0.25) is 0 Å². The molecule has 200 valence electrons. The summed E-state index contributed by atoms with van der Waals surface area (Å²) in [6.07, 6.45) is 2.36. The van der Waals surface area contributed by atoms with Crippen molar-refractivity contribution < 1.29 is 33.9 Å². The van der Waals surface area contributed by atoms with Gasteiger partial charge in [-0.05, 0) is 47.0 Å². The van der Waals surface area contributed by atoms with Crippen LogP contribution in [0, 0.1) is 5.41 Å². The first-order valence-electron chi connectivity index (χ1n) is 11.5. The number of azo groups is 1. The number of amides is 8. The molecule has 0 fully saturated rings. The molecule has 2 heterocycles. The minimum Gasteiger partial charge on any atom is -0.388 e. The molecule has 0 saturated carbocycles. The average Bonchev–Trinajstić information content (AvgIpc) is 3.25. The molecule has 0 bridgehead atoms. The predicted molar refractivity (Wildman–Crippen MR) is 128 cm³/mol. The number of aliphatic hydroxyl groups is 1. The maximum absolute atomic E-state index is 12.0. The van der Waals surface area contributed by atoms with E-state index >= 15 is 0 Å². The van der Waals surface area contributed by atoms with Gasteiger partial charge in [0.2, 0.25) is 11.8 Å². The molecular weight excluding hydrogens is 472 g/mol. The maximum atomic E-state index is 12.0. The van der Waals surface area contributed by atoms with Crippen LogP contribution in [-0.4, -0.2) is 80.4 Å². The lowest BCUT2D eigenvalue weighted by atomic mass is 9.88. The van der Waals surface area contributed by atoms with E-state index in [1.807, 2.05) is 27.7 Å². The zero-order chi connectivity index (χ0) is 28.2. The molecule has 0 radical (unpaired) electrons. The molecular formula is C23H36N6O7. The van der Waals surface area contributed by atoms with Crippen LogP contribution in [0.3, 0.4) is 0 Å². The Bertz CT molecular complexity index is 862. The molecule has 2 aliphatic heterocycles. The minimum atomic E-state index is -1.11. The highest BCUT2D eigenvalue weighted by Crippen LogP contribution is 2.19. The van der Waals surface area contributed by atoms with Gasteiger partial charge in [-0.3, -0.25) is 24.1 Å². The fourth-order valence-electron chi connectivity index (χ4n) is 2.68. The van der Waals surface area contributed by atoms with Crippen LogP contribution in [0.25, 0.3) is 0 Å². The van der Waals surface area contributed by atoms with E-state index in [4.69, 9.17) is 0 Å². The van der Waals surface area contributed by atoms with E-state index in [0.717, 1.165) is 4.90 Å². The van der Waals surface area contributed by atoms with Gasteiger partial charge in [-0.2, -0.15) is 0 Å². The van der Waals surface area contributed by atoms with Gasteiger partial charge in [0.05, 0.1) is 11.6 Å². The molecule has 2 aliphatic rings. The van der Waals surface area contributed by atoms with Gasteiger partial charge in [0, 0.05) is 18.2 Å².